The number of aromatic nitrogens is 3. The number of hydrogen-bond acceptors (Lipinski definition) is 6. The monoisotopic (exact) mass is 440 g/mol. The lowest BCUT2D eigenvalue weighted by Crippen LogP contribution is -2.14. The lowest BCUT2D eigenvalue weighted by atomic mass is 10.2. The van der Waals surface area contributed by atoms with Gasteiger partial charge in [0, 0.05) is 17.4 Å². The fourth-order valence-electron chi connectivity index (χ4n) is 2.77. The molecule has 0 aliphatic carbocycles. The van der Waals surface area contributed by atoms with E-state index < -0.39 is 0 Å². The van der Waals surface area contributed by atoms with Gasteiger partial charge >= 0.3 is 0 Å². The van der Waals surface area contributed by atoms with Crippen molar-refractivity contribution in [1.29, 1.82) is 0 Å². The van der Waals surface area contributed by atoms with Gasteiger partial charge in [0.1, 0.15) is 6.33 Å². The summed E-state index contributed by atoms with van der Waals surface area (Å²) in [6, 6.07) is 13.5. The van der Waals surface area contributed by atoms with E-state index in [2.05, 4.69) is 22.4 Å². The van der Waals surface area contributed by atoms with Crippen molar-refractivity contribution in [1.82, 2.24) is 14.8 Å². The first-order valence-corrected chi connectivity index (χ1v) is 11.4. The Morgan fingerprint density at radius 1 is 1.03 bits per heavy atom. The Morgan fingerprint density at radius 2 is 1.74 bits per heavy atom. The zero-order valence-corrected chi connectivity index (χ0v) is 18.9. The molecule has 3 rings (SSSR count). The van der Waals surface area contributed by atoms with Crippen LogP contribution in [-0.2, 0) is 4.79 Å². The van der Waals surface area contributed by atoms with Crippen LogP contribution in [0.3, 0.4) is 0 Å². The van der Waals surface area contributed by atoms with Gasteiger partial charge in [-0.3, -0.25) is 9.36 Å². The van der Waals surface area contributed by atoms with E-state index in [9.17, 15) is 4.79 Å². The summed E-state index contributed by atoms with van der Waals surface area (Å²) in [5.41, 5.74) is 2.80. The molecule has 8 heteroatoms. The Kier molecular flexibility index (Phi) is 8.35. The van der Waals surface area contributed by atoms with Crippen molar-refractivity contribution in [3.05, 3.63) is 54.4 Å². The van der Waals surface area contributed by atoms with Crippen LogP contribution in [0.15, 0.2) is 53.9 Å². The molecule has 0 fully saturated rings. The fourth-order valence-corrected chi connectivity index (χ4v) is 3.50. The van der Waals surface area contributed by atoms with Crippen LogP contribution in [0.4, 0.5) is 5.69 Å². The third-order valence-electron chi connectivity index (χ3n) is 4.31. The number of hydrogen-bond donors (Lipinski definition) is 1. The summed E-state index contributed by atoms with van der Waals surface area (Å²) < 4.78 is 13.4. The number of thioether (sulfide) groups is 1. The smallest absolute Gasteiger partial charge is 0.234 e. The Labute approximate surface area is 187 Å². The second-order valence-electron chi connectivity index (χ2n) is 7.01. The molecule has 0 saturated heterocycles. The molecular formula is C23H28N4O3S. The third kappa shape index (κ3) is 6.49. The number of carbonyl (C=O) groups is 1. The van der Waals surface area contributed by atoms with E-state index >= 15 is 0 Å². The highest BCUT2D eigenvalue weighted by molar-refractivity contribution is 7.99. The van der Waals surface area contributed by atoms with Gasteiger partial charge in [0.25, 0.3) is 0 Å². The summed E-state index contributed by atoms with van der Waals surface area (Å²) in [7, 11) is 0. The zero-order valence-electron chi connectivity index (χ0n) is 18.1. The summed E-state index contributed by atoms with van der Waals surface area (Å²) in [6.07, 6.45) is 3.45. The largest absolute Gasteiger partial charge is 0.490 e. The normalized spacial score (nSPS) is 10.7. The van der Waals surface area contributed by atoms with Crippen molar-refractivity contribution >= 4 is 23.4 Å². The molecule has 0 aliphatic rings. The zero-order chi connectivity index (χ0) is 22.1. The van der Waals surface area contributed by atoms with E-state index in [-0.39, 0.29) is 11.7 Å². The first-order chi connectivity index (χ1) is 15.1. The molecule has 0 radical (unpaired) electrons. The molecule has 0 unspecified atom stereocenters. The van der Waals surface area contributed by atoms with Crippen LogP contribution in [0.2, 0.25) is 0 Å². The van der Waals surface area contributed by atoms with Crippen LogP contribution < -0.4 is 14.8 Å². The molecular weight excluding hydrogens is 412 g/mol. The Hall–Kier alpha value is -3.00. The molecule has 1 aromatic heterocycles. The van der Waals surface area contributed by atoms with Crippen LogP contribution in [0.1, 0.15) is 32.3 Å². The van der Waals surface area contributed by atoms with E-state index in [1.165, 1.54) is 17.3 Å². The first-order valence-electron chi connectivity index (χ1n) is 10.4. The number of ether oxygens (including phenoxy) is 2. The van der Waals surface area contributed by atoms with Crippen molar-refractivity contribution in [3.8, 4) is 17.2 Å². The van der Waals surface area contributed by atoms with Crippen molar-refractivity contribution < 1.29 is 14.3 Å². The van der Waals surface area contributed by atoms with E-state index in [0.29, 0.717) is 35.6 Å². The van der Waals surface area contributed by atoms with Crippen molar-refractivity contribution in [2.45, 2.75) is 38.8 Å². The number of rotatable bonds is 11. The lowest BCUT2D eigenvalue weighted by Gasteiger charge is -2.14. The average molecular weight is 441 g/mol. The second-order valence-corrected chi connectivity index (χ2v) is 7.96. The summed E-state index contributed by atoms with van der Waals surface area (Å²) in [6.45, 7) is 7.34. The molecule has 0 atom stereocenters. The molecule has 2 aromatic carbocycles. The van der Waals surface area contributed by atoms with Gasteiger partial charge in [-0.2, -0.15) is 0 Å². The Morgan fingerprint density at radius 3 is 2.45 bits per heavy atom. The van der Waals surface area contributed by atoms with Crippen LogP contribution in [0.25, 0.3) is 5.69 Å². The van der Waals surface area contributed by atoms with Gasteiger partial charge in [0.15, 0.2) is 16.7 Å². The maximum absolute atomic E-state index is 12.5. The summed E-state index contributed by atoms with van der Waals surface area (Å²) in [5, 5.41) is 11.7. The standard InChI is InChI=1S/C23H28N4O3S/c1-4-12-29-20-11-8-18(14-21(20)30-13-5-2)25-22(28)15-31-23-26-24-16-27(23)19-9-6-17(3)7-10-19/h6-11,14,16H,4-5,12-13,15H2,1-3H3,(H,25,28). The Bertz CT molecular complexity index is 989. The van der Waals surface area contributed by atoms with Crippen molar-refractivity contribution in [2.75, 3.05) is 24.3 Å². The average Bonchev–Trinajstić information content (AvgIpc) is 3.24. The quantitative estimate of drug-likeness (QED) is 0.428. The predicted molar refractivity (Wildman–Crippen MR) is 123 cm³/mol. The molecule has 1 heterocycles. The van der Waals surface area contributed by atoms with E-state index in [4.69, 9.17) is 9.47 Å². The summed E-state index contributed by atoms with van der Waals surface area (Å²) >= 11 is 1.33. The minimum atomic E-state index is -0.132. The van der Waals surface area contributed by atoms with Crippen molar-refractivity contribution in [3.63, 3.8) is 0 Å². The van der Waals surface area contributed by atoms with Gasteiger partial charge in [-0.15, -0.1) is 10.2 Å². The number of nitrogens with zero attached hydrogens (tertiary/aromatic N) is 3. The van der Waals surface area contributed by atoms with Gasteiger partial charge in [-0.1, -0.05) is 43.3 Å². The highest BCUT2D eigenvalue weighted by atomic mass is 32.2. The molecule has 31 heavy (non-hydrogen) atoms. The highest BCUT2D eigenvalue weighted by Crippen LogP contribution is 2.31. The van der Waals surface area contributed by atoms with Crippen LogP contribution >= 0.6 is 11.8 Å². The number of aryl methyl sites for hydroxylation is 1. The topological polar surface area (TPSA) is 78.3 Å². The fraction of sp³-hybridized carbons (Fsp3) is 0.348. The second kappa shape index (κ2) is 11.4. The Balaban J connectivity index is 1.62. The van der Waals surface area contributed by atoms with Gasteiger partial charge in [0.2, 0.25) is 5.91 Å². The maximum Gasteiger partial charge on any atom is 0.234 e. The molecule has 0 aliphatic heterocycles. The predicted octanol–water partition coefficient (Wildman–Crippen LogP) is 4.88. The van der Waals surface area contributed by atoms with Gasteiger partial charge in [0.05, 0.1) is 19.0 Å². The van der Waals surface area contributed by atoms with E-state index in [1.54, 1.807) is 12.4 Å². The minimum Gasteiger partial charge on any atom is -0.490 e. The molecule has 7 nitrogen and oxygen atoms in total. The van der Waals surface area contributed by atoms with Crippen LogP contribution in [0, 0.1) is 6.92 Å². The summed E-state index contributed by atoms with van der Waals surface area (Å²) in [5.74, 6) is 1.41. The van der Waals surface area contributed by atoms with Crippen molar-refractivity contribution in [2.24, 2.45) is 0 Å². The maximum atomic E-state index is 12.5. The van der Waals surface area contributed by atoms with Crippen LogP contribution in [-0.4, -0.2) is 39.6 Å². The SMILES string of the molecule is CCCOc1ccc(NC(=O)CSc2nncn2-c2ccc(C)cc2)cc1OCCC. The number of nitrogens with one attached hydrogen (secondary N) is 1. The molecule has 1 amide bonds. The number of carbonyl (C=O) groups excluding carboxylic acids is 1. The van der Waals surface area contributed by atoms with Gasteiger partial charge in [-0.05, 0) is 44.0 Å². The third-order valence-corrected chi connectivity index (χ3v) is 5.25. The first kappa shape index (κ1) is 22.7. The number of benzene rings is 2. The minimum absolute atomic E-state index is 0.132. The molecule has 3 aromatic rings. The van der Waals surface area contributed by atoms with Crippen LogP contribution in [0.5, 0.6) is 11.5 Å². The lowest BCUT2D eigenvalue weighted by molar-refractivity contribution is -0.113. The number of amides is 1. The summed E-state index contributed by atoms with van der Waals surface area (Å²) in [4.78, 5) is 12.5. The highest BCUT2D eigenvalue weighted by Gasteiger charge is 2.12. The van der Waals surface area contributed by atoms with Gasteiger partial charge in [-0.25, -0.2) is 0 Å². The molecule has 0 saturated carbocycles. The molecule has 0 bridgehead atoms. The molecule has 164 valence electrons. The number of anilines is 1. The van der Waals surface area contributed by atoms with E-state index in [1.807, 2.05) is 54.8 Å². The molecule has 0 spiro atoms. The van der Waals surface area contributed by atoms with E-state index in [0.717, 1.165) is 18.5 Å². The molecule has 1 N–H and O–H groups in total. The van der Waals surface area contributed by atoms with Gasteiger partial charge < -0.3 is 14.8 Å².